The van der Waals surface area contributed by atoms with Gasteiger partial charge in [0.2, 0.25) is 5.91 Å². The zero-order valence-electron chi connectivity index (χ0n) is 13.7. The van der Waals surface area contributed by atoms with Crippen LogP contribution in [0, 0.1) is 11.8 Å². The van der Waals surface area contributed by atoms with Gasteiger partial charge >= 0.3 is 0 Å². The number of carbonyl (C=O) groups is 1. The first-order chi connectivity index (χ1) is 11.3. The monoisotopic (exact) mass is 317 g/mol. The van der Waals surface area contributed by atoms with E-state index < -0.39 is 0 Å². The van der Waals surface area contributed by atoms with Crippen LogP contribution in [-0.2, 0) is 22.6 Å². The molecule has 0 unspecified atom stereocenters. The van der Waals surface area contributed by atoms with E-state index in [-0.39, 0.29) is 11.8 Å². The largest absolute Gasteiger partial charge is 0.381 e. The zero-order valence-corrected chi connectivity index (χ0v) is 13.7. The second-order valence-corrected chi connectivity index (χ2v) is 7.31. The molecule has 1 aromatic rings. The lowest BCUT2D eigenvalue weighted by molar-refractivity contribution is -0.126. The van der Waals surface area contributed by atoms with Crippen molar-refractivity contribution in [3.8, 4) is 0 Å². The number of amides is 1. The summed E-state index contributed by atoms with van der Waals surface area (Å²) in [5.41, 5.74) is 1.33. The molecule has 1 aliphatic carbocycles. The first kappa shape index (κ1) is 15.2. The summed E-state index contributed by atoms with van der Waals surface area (Å²) >= 11 is 0. The Bertz CT molecular complexity index is 546. The smallest absolute Gasteiger partial charge is 0.226 e. The molecule has 0 bridgehead atoms. The second kappa shape index (κ2) is 6.65. The predicted octanol–water partition coefficient (Wildman–Crippen LogP) is 1.63. The van der Waals surface area contributed by atoms with Crippen LogP contribution in [0.2, 0.25) is 0 Å². The highest BCUT2D eigenvalue weighted by Crippen LogP contribution is 2.28. The van der Waals surface area contributed by atoms with Gasteiger partial charge in [0.15, 0.2) is 0 Å². The van der Waals surface area contributed by atoms with Crippen LogP contribution in [0.15, 0.2) is 18.3 Å². The summed E-state index contributed by atoms with van der Waals surface area (Å²) in [7, 11) is 0. The molecule has 1 saturated heterocycles. The molecule has 23 heavy (non-hydrogen) atoms. The number of hydrogen-bond donors (Lipinski definition) is 1. The highest BCUT2D eigenvalue weighted by Gasteiger charge is 2.32. The first-order valence-corrected chi connectivity index (χ1v) is 9.03. The molecule has 0 radical (unpaired) electrons. The van der Waals surface area contributed by atoms with Gasteiger partial charge in [0.05, 0.1) is 5.92 Å². The average molecular weight is 317 g/mol. The van der Waals surface area contributed by atoms with Crippen molar-refractivity contribution in [3.63, 3.8) is 0 Å². The molecule has 1 amide bonds. The lowest BCUT2D eigenvalue weighted by atomic mass is 10.0. The maximum Gasteiger partial charge on any atom is 0.226 e. The highest BCUT2D eigenvalue weighted by atomic mass is 16.5. The SMILES string of the molecule is O=C(NCC1CC1)[C@H]1CN(C2CCOCC2)Cc2cccn2C1. The normalized spacial score (nSPS) is 26.5. The van der Waals surface area contributed by atoms with Crippen LogP contribution in [0.25, 0.3) is 0 Å². The number of hydrogen-bond acceptors (Lipinski definition) is 3. The minimum Gasteiger partial charge on any atom is -0.381 e. The van der Waals surface area contributed by atoms with Crippen LogP contribution in [-0.4, -0.2) is 47.7 Å². The van der Waals surface area contributed by atoms with Crippen LogP contribution in [0.1, 0.15) is 31.4 Å². The van der Waals surface area contributed by atoms with Crippen molar-refractivity contribution >= 4 is 5.91 Å². The summed E-state index contributed by atoms with van der Waals surface area (Å²) in [6, 6.07) is 4.84. The number of fused-ring (bicyclic) bond motifs is 1. The Kier molecular flexibility index (Phi) is 4.40. The van der Waals surface area contributed by atoms with E-state index in [2.05, 4.69) is 33.1 Å². The van der Waals surface area contributed by atoms with Crippen molar-refractivity contribution in [2.45, 2.75) is 44.8 Å². The fraction of sp³-hybridized carbons (Fsp3) is 0.722. The lowest BCUT2D eigenvalue weighted by Crippen LogP contribution is -2.44. The Balaban J connectivity index is 1.47. The van der Waals surface area contributed by atoms with Crippen LogP contribution in [0.4, 0.5) is 0 Å². The molecule has 1 aromatic heterocycles. The maximum atomic E-state index is 12.7. The standard InChI is InChI=1S/C18H27N3O2/c22-18(19-10-14-3-4-14)15-11-20-7-1-2-17(20)13-21(12-15)16-5-8-23-9-6-16/h1-2,7,14-16H,3-6,8-13H2,(H,19,22)/t15-/m1/s1. The van der Waals surface area contributed by atoms with Crippen LogP contribution < -0.4 is 5.32 Å². The molecule has 5 heteroatoms. The van der Waals surface area contributed by atoms with E-state index in [4.69, 9.17) is 4.74 Å². The predicted molar refractivity (Wildman–Crippen MR) is 87.9 cm³/mol. The van der Waals surface area contributed by atoms with Gasteiger partial charge in [-0.15, -0.1) is 0 Å². The quantitative estimate of drug-likeness (QED) is 0.918. The van der Waals surface area contributed by atoms with E-state index in [1.807, 2.05) is 0 Å². The maximum absolute atomic E-state index is 12.7. The van der Waals surface area contributed by atoms with Crippen molar-refractivity contribution in [1.82, 2.24) is 14.8 Å². The fourth-order valence-corrected chi connectivity index (χ4v) is 3.83. The van der Waals surface area contributed by atoms with Gasteiger partial charge in [-0.05, 0) is 43.7 Å². The molecule has 0 aromatic carbocycles. The summed E-state index contributed by atoms with van der Waals surface area (Å²) in [5, 5.41) is 3.18. The number of ether oxygens (including phenoxy) is 1. The molecule has 3 heterocycles. The van der Waals surface area contributed by atoms with Gasteiger partial charge in [-0.1, -0.05) is 0 Å². The molecule has 126 valence electrons. The fourth-order valence-electron chi connectivity index (χ4n) is 3.83. The first-order valence-electron chi connectivity index (χ1n) is 9.03. The van der Waals surface area contributed by atoms with E-state index in [1.54, 1.807) is 0 Å². The molecule has 5 nitrogen and oxygen atoms in total. The van der Waals surface area contributed by atoms with Crippen molar-refractivity contribution < 1.29 is 9.53 Å². The Morgan fingerprint density at radius 3 is 2.83 bits per heavy atom. The second-order valence-electron chi connectivity index (χ2n) is 7.31. The van der Waals surface area contributed by atoms with Crippen molar-refractivity contribution in [2.24, 2.45) is 11.8 Å². The number of nitrogens with zero attached hydrogens (tertiary/aromatic N) is 2. The third kappa shape index (κ3) is 3.61. The topological polar surface area (TPSA) is 46.5 Å². The van der Waals surface area contributed by atoms with Crippen molar-refractivity contribution in [3.05, 3.63) is 24.0 Å². The lowest BCUT2D eigenvalue weighted by Gasteiger charge is -2.34. The van der Waals surface area contributed by atoms with E-state index in [1.165, 1.54) is 18.5 Å². The molecule has 1 N–H and O–H groups in total. The third-order valence-corrected chi connectivity index (χ3v) is 5.50. The molecule has 1 saturated carbocycles. The zero-order chi connectivity index (χ0) is 15.6. The minimum absolute atomic E-state index is 0.0465. The van der Waals surface area contributed by atoms with Gasteiger partial charge in [-0.2, -0.15) is 0 Å². The Morgan fingerprint density at radius 1 is 1.22 bits per heavy atom. The molecule has 1 atom stereocenters. The molecule has 0 spiro atoms. The van der Waals surface area contributed by atoms with Gasteiger partial charge in [-0.25, -0.2) is 0 Å². The van der Waals surface area contributed by atoms with E-state index >= 15 is 0 Å². The van der Waals surface area contributed by atoms with Crippen molar-refractivity contribution in [1.29, 1.82) is 0 Å². The molecular weight excluding hydrogens is 290 g/mol. The molecule has 2 fully saturated rings. The Hall–Kier alpha value is -1.33. The molecular formula is C18H27N3O2. The van der Waals surface area contributed by atoms with Crippen molar-refractivity contribution in [2.75, 3.05) is 26.3 Å². The van der Waals surface area contributed by atoms with E-state index in [9.17, 15) is 4.79 Å². The van der Waals surface area contributed by atoms with Crippen LogP contribution >= 0.6 is 0 Å². The molecule has 3 aliphatic rings. The number of nitrogens with one attached hydrogen (secondary N) is 1. The summed E-state index contributed by atoms with van der Waals surface area (Å²) in [5.74, 6) is 1.01. The van der Waals surface area contributed by atoms with Crippen LogP contribution in [0.5, 0.6) is 0 Å². The van der Waals surface area contributed by atoms with Gasteiger partial charge in [0.25, 0.3) is 0 Å². The summed E-state index contributed by atoms with van der Waals surface area (Å²) in [6.45, 7) is 5.18. The minimum atomic E-state index is 0.0465. The van der Waals surface area contributed by atoms with Gasteiger partial charge in [0.1, 0.15) is 0 Å². The average Bonchev–Trinajstić information content (AvgIpc) is 3.35. The number of rotatable bonds is 4. The summed E-state index contributed by atoms with van der Waals surface area (Å²) in [4.78, 5) is 15.2. The number of carbonyl (C=O) groups excluding carboxylic acids is 1. The Labute approximate surface area is 138 Å². The summed E-state index contributed by atoms with van der Waals surface area (Å²) < 4.78 is 7.78. The van der Waals surface area contributed by atoms with E-state index in [0.29, 0.717) is 6.04 Å². The van der Waals surface area contributed by atoms with Gasteiger partial charge in [-0.3, -0.25) is 9.69 Å². The Morgan fingerprint density at radius 2 is 2.04 bits per heavy atom. The van der Waals surface area contributed by atoms with Gasteiger partial charge < -0.3 is 14.6 Å². The highest BCUT2D eigenvalue weighted by molar-refractivity contribution is 5.79. The number of aromatic nitrogens is 1. The molecule has 4 rings (SSSR count). The van der Waals surface area contributed by atoms with Gasteiger partial charge in [0, 0.05) is 57.3 Å². The summed E-state index contributed by atoms with van der Waals surface area (Å²) in [6.07, 6.45) is 6.83. The molecule has 2 aliphatic heterocycles. The van der Waals surface area contributed by atoms with Crippen LogP contribution in [0.3, 0.4) is 0 Å². The third-order valence-electron chi connectivity index (χ3n) is 5.50. The van der Waals surface area contributed by atoms with E-state index in [0.717, 1.165) is 58.2 Å².